The summed E-state index contributed by atoms with van der Waals surface area (Å²) >= 11 is 0. The zero-order valence-electron chi connectivity index (χ0n) is 12.1. The van der Waals surface area contributed by atoms with Gasteiger partial charge in [-0.15, -0.1) is 0 Å². The lowest BCUT2D eigenvalue weighted by molar-refractivity contribution is -0.124. The minimum Gasteiger partial charge on any atom is -0.388 e. The predicted octanol–water partition coefficient (Wildman–Crippen LogP) is -0.389. The second-order valence-electron chi connectivity index (χ2n) is 5.43. The molecule has 2 N–H and O–H groups in total. The highest BCUT2D eigenvalue weighted by Crippen LogP contribution is 2.20. The highest BCUT2D eigenvalue weighted by Gasteiger charge is 2.31. The summed E-state index contributed by atoms with van der Waals surface area (Å²) in [5, 5.41) is 13.2. The first-order chi connectivity index (χ1) is 8.95. The van der Waals surface area contributed by atoms with Crippen molar-refractivity contribution in [1.82, 2.24) is 10.2 Å². The van der Waals surface area contributed by atoms with E-state index in [-0.39, 0.29) is 18.5 Å². The van der Waals surface area contributed by atoms with Gasteiger partial charge in [-0.3, -0.25) is 9.69 Å². The third kappa shape index (κ3) is 6.33. The Balaban J connectivity index is 2.29. The Labute approximate surface area is 115 Å². The molecule has 19 heavy (non-hydrogen) atoms. The van der Waals surface area contributed by atoms with Crippen molar-refractivity contribution in [3.8, 4) is 0 Å². The maximum Gasteiger partial charge on any atom is 0.234 e. The van der Waals surface area contributed by atoms with Crippen molar-refractivity contribution in [2.24, 2.45) is 0 Å². The minimum atomic E-state index is -0.731. The van der Waals surface area contributed by atoms with Crippen molar-refractivity contribution in [2.45, 2.75) is 31.4 Å². The van der Waals surface area contributed by atoms with Gasteiger partial charge in [-0.05, 0) is 14.0 Å². The Bertz CT molecular complexity index is 280. The van der Waals surface area contributed by atoms with Crippen LogP contribution in [0.3, 0.4) is 0 Å². The second kappa shape index (κ2) is 7.79. The fraction of sp³-hybridized carbons (Fsp3) is 0.923. The van der Waals surface area contributed by atoms with Crippen molar-refractivity contribution in [1.29, 1.82) is 0 Å². The standard InChI is InChI=1S/C13H26N2O4/c1-11(9-18-3)14-12(16)8-15(2)10-13(17)4-6-19-7-5-13/h11,17H,4-10H2,1-3H3,(H,14,16). The molecule has 6 heteroatoms. The smallest absolute Gasteiger partial charge is 0.234 e. The van der Waals surface area contributed by atoms with Gasteiger partial charge in [0.2, 0.25) is 5.91 Å². The van der Waals surface area contributed by atoms with E-state index in [0.29, 0.717) is 39.2 Å². The van der Waals surface area contributed by atoms with E-state index in [0.717, 1.165) is 0 Å². The summed E-state index contributed by atoms with van der Waals surface area (Å²) in [6, 6.07) is -0.00272. The predicted molar refractivity (Wildman–Crippen MR) is 72.0 cm³/mol. The number of methoxy groups -OCH3 is 1. The van der Waals surface area contributed by atoms with E-state index in [1.807, 2.05) is 18.9 Å². The summed E-state index contributed by atoms with van der Waals surface area (Å²) in [5.41, 5.74) is -0.731. The van der Waals surface area contributed by atoms with Crippen molar-refractivity contribution in [3.05, 3.63) is 0 Å². The summed E-state index contributed by atoms with van der Waals surface area (Å²) in [6.07, 6.45) is 1.25. The molecule has 0 saturated carbocycles. The lowest BCUT2D eigenvalue weighted by atomic mass is 9.94. The van der Waals surface area contributed by atoms with Gasteiger partial charge in [0.15, 0.2) is 0 Å². The normalized spacial score (nSPS) is 20.3. The van der Waals surface area contributed by atoms with E-state index < -0.39 is 5.60 Å². The Kier molecular flexibility index (Phi) is 6.71. The highest BCUT2D eigenvalue weighted by atomic mass is 16.5. The van der Waals surface area contributed by atoms with E-state index in [1.54, 1.807) is 7.11 Å². The molecule has 0 radical (unpaired) electrons. The molecule has 0 bridgehead atoms. The zero-order valence-corrected chi connectivity index (χ0v) is 12.1. The molecule has 1 amide bonds. The van der Waals surface area contributed by atoms with Gasteiger partial charge in [0, 0.05) is 45.8 Å². The van der Waals surface area contributed by atoms with Gasteiger partial charge in [-0.2, -0.15) is 0 Å². The van der Waals surface area contributed by atoms with Crippen molar-refractivity contribution in [3.63, 3.8) is 0 Å². The lowest BCUT2D eigenvalue weighted by Gasteiger charge is -2.35. The van der Waals surface area contributed by atoms with Crippen LogP contribution >= 0.6 is 0 Å². The SMILES string of the molecule is COCC(C)NC(=O)CN(C)CC1(O)CCOCC1. The molecule has 0 aromatic carbocycles. The summed E-state index contributed by atoms with van der Waals surface area (Å²) in [7, 11) is 3.45. The van der Waals surface area contributed by atoms with Crippen molar-refractivity contribution < 1.29 is 19.4 Å². The fourth-order valence-corrected chi connectivity index (χ4v) is 2.33. The second-order valence-corrected chi connectivity index (χ2v) is 5.43. The number of rotatable bonds is 7. The number of carbonyl (C=O) groups is 1. The van der Waals surface area contributed by atoms with Gasteiger partial charge >= 0.3 is 0 Å². The van der Waals surface area contributed by atoms with Gasteiger partial charge in [0.1, 0.15) is 0 Å². The van der Waals surface area contributed by atoms with Crippen LogP contribution < -0.4 is 5.32 Å². The number of nitrogens with one attached hydrogen (secondary N) is 1. The molecule has 0 spiro atoms. The third-order valence-electron chi connectivity index (χ3n) is 3.23. The highest BCUT2D eigenvalue weighted by molar-refractivity contribution is 5.78. The number of carbonyl (C=O) groups excluding carboxylic acids is 1. The zero-order chi connectivity index (χ0) is 14.3. The first-order valence-corrected chi connectivity index (χ1v) is 6.72. The third-order valence-corrected chi connectivity index (χ3v) is 3.23. The molecule has 1 rings (SSSR count). The summed E-state index contributed by atoms with van der Waals surface area (Å²) in [6.45, 7) is 4.33. The number of aliphatic hydroxyl groups is 1. The first kappa shape index (κ1) is 16.4. The molecule has 1 fully saturated rings. The van der Waals surface area contributed by atoms with Crippen LogP contribution in [0.4, 0.5) is 0 Å². The Morgan fingerprint density at radius 1 is 1.53 bits per heavy atom. The molecular formula is C13H26N2O4. The van der Waals surface area contributed by atoms with Gasteiger partial charge < -0.3 is 19.9 Å². The van der Waals surface area contributed by atoms with Crippen LogP contribution in [0.1, 0.15) is 19.8 Å². The lowest BCUT2D eigenvalue weighted by Crippen LogP contribution is -2.49. The summed E-state index contributed by atoms with van der Waals surface area (Å²) in [5.74, 6) is -0.0530. The van der Waals surface area contributed by atoms with Gasteiger partial charge in [-0.1, -0.05) is 0 Å². The Hall–Kier alpha value is -0.690. The Morgan fingerprint density at radius 3 is 2.74 bits per heavy atom. The molecule has 0 aromatic heterocycles. The summed E-state index contributed by atoms with van der Waals surface area (Å²) in [4.78, 5) is 13.6. The van der Waals surface area contributed by atoms with E-state index in [9.17, 15) is 9.90 Å². The minimum absolute atomic E-state index is 0.00272. The molecule has 1 aliphatic rings. The molecule has 1 aliphatic heterocycles. The quantitative estimate of drug-likeness (QED) is 0.662. The number of hydrogen-bond acceptors (Lipinski definition) is 5. The average Bonchev–Trinajstić information content (AvgIpc) is 2.28. The van der Waals surface area contributed by atoms with E-state index in [4.69, 9.17) is 9.47 Å². The molecule has 1 atom stereocenters. The monoisotopic (exact) mass is 274 g/mol. The summed E-state index contributed by atoms with van der Waals surface area (Å²) < 4.78 is 10.2. The van der Waals surface area contributed by atoms with Crippen LogP contribution in [0.25, 0.3) is 0 Å². The van der Waals surface area contributed by atoms with Crippen LogP contribution in [-0.2, 0) is 14.3 Å². The van der Waals surface area contributed by atoms with Gasteiger partial charge in [0.05, 0.1) is 18.8 Å². The van der Waals surface area contributed by atoms with Gasteiger partial charge in [0.25, 0.3) is 0 Å². The van der Waals surface area contributed by atoms with E-state index in [2.05, 4.69) is 5.32 Å². The van der Waals surface area contributed by atoms with E-state index in [1.165, 1.54) is 0 Å². The molecule has 6 nitrogen and oxygen atoms in total. The number of hydrogen-bond donors (Lipinski definition) is 2. The maximum atomic E-state index is 11.8. The topological polar surface area (TPSA) is 71.0 Å². The molecular weight excluding hydrogens is 248 g/mol. The Morgan fingerprint density at radius 2 is 2.16 bits per heavy atom. The molecule has 1 heterocycles. The number of amides is 1. The number of ether oxygens (including phenoxy) is 2. The number of nitrogens with zero attached hydrogens (tertiary/aromatic N) is 1. The van der Waals surface area contributed by atoms with E-state index >= 15 is 0 Å². The number of likely N-dealkylation sites (N-methyl/N-ethyl adjacent to an activating group) is 1. The van der Waals surface area contributed by atoms with Crippen LogP contribution in [-0.4, -0.2) is 74.6 Å². The average molecular weight is 274 g/mol. The van der Waals surface area contributed by atoms with Crippen LogP contribution in [0.2, 0.25) is 0 Å². The first-order valence-electron chi connectivity index (χ1n) is 6.72. The van der Waals surface area contributed by atoms with Crippen LogP contribution in [0, 0.1) is 0 Å². The molecule has 0 aromatic rings. The molecule has 1 saturated heterocycles. The largest absolute Gasteiger partial charge is 0.388 e. The van der Waals surface area contributed by atoms with Crippen molar-refractivity contribution >= 4 is 5.91 Å². The van der Waals surface area contributed by atoms with Crippen LogP contribution in [0.5, 0.6) is 0 Å². The molecule has 1 unspecified atom stereocenters. The van der Waals surface area contributed by atoms with Gasteiger partial charge in [-0.25, -0.2) is 0 Å². The molecule has 0 aliphatic carbocycles. The fourth-order valence-electron chi connectivity index (χ4n) is 2.33. The molecule has 112 valence electrons. The van der Waals surface area contributed by atoms with Crippen LogP contribution in [0.15, 0.2) is 0 Å². The van der Waals surface area contributed by atoms with Crippen molar-refractivity contribution in [2.75, 3.05) is 47.1 Å². The maximum absolute atomic E-state index is 11.8.